The summed E-state index contributed by atoms with van der Waals surface area (Å²) in [5.74, 6) is -1.96. The SMILES string of the molecule is Cc1cc(N(C)CC(=O)NC2CC2)c2ccc(F)c(F)c2n1. The van der Waals surface area contributed by atoms with Crippen molar-refractivity contribution in [3.05, 3.63) is 35.5 Å². The lowest BCUT2D eigenvalue weighted by molar-refractivity contribution is -0.119. The fourth-order valence-electron chi connectivity index (χ4n) is 2.46. The number of fused-ring (bicyclic) bond motifs is 1. The second-order valence-corrected chi connectivity index (χ2v) is 5.74. The molecule has 4 nitrogen and oxygen atoms in total. The zero-order valence-corrected chi connectivity index (χ0v) is 12.5. The third kappa shape index (κ3) is 2.86. The number of aryl methyl sites for hydroxylation is 1. The van der Waals surface area contributed by atoms with Gasteiger partial charge in [-0.15, -0.1) is 0 Å². The van der Waals surface area contributed by atoms with Gasteiger partial charge in [-0.3, -0.25) is 4.79 Å². The van der Waals surface area contributed by atoms with E-state index >= 15 is 0 Å². The Morgan fingerprint density at radius 2 is 2.14 bits per heavy atom. The highest BCUT2D eigenvalue weighted by atomic mass is 19.2. The highest BCUT2D eigenvalue weighted by molar-refractivity contribution is 5.94. The normalized spacial score (nSPS) is 14.2. The molecule has 0 unspecified atom stereocenters. The summed E-state index contributed by atoms with van der Waals surface area (Å²) in [5, 5.41) is 3.40. The van der Waals surface area contributed by atoms with Gasteiger partial charge in [-0.1, -0.05) is 0 Å². The van der Waals surface area contributed by atoms with Crippen LogP contribution in [0.5, 0.6) is 0 Å². The van der Waals surface area contributed by atoms with Crippen LogP contribution in [0.4, 0.5) is 14.5 Å². The Balaban J connectivity index is 1.94. The van der Waals surface area contributed by atoms with Crippen molar-refractivity contribution in [3.8, 4) is 0 Å². The van der Waals surface area contributed by atoms with Crippen molar-refractivity contribution in [2.45, 2.75) is 25.8 Å². The summed E-state index contributed by atoms with van der Waals surface area (Å²) < 4.78 is 27.3. The quantitative estimate of drug-likeness (QED) is 0.944. The first-order valence-electron chi connectivity index (χ1n) is 7.21. The monoisotopic (exact) mass is 305 g/mol. The molecule has 1 amide bonds. The minimum atomic E-state index is -0.960. The number of benzene rings is 1. The van der Waals surface area contributed by atoms with Gasteiger partial charge in [0.25, 0.3) is 0 Å². The summed E-state index contributed by atoms with van der Waals surface area (Å²) in [6.07, 6.45) is 2.05. The molecule has 2 aromatic rings. The molecule has 1 aromatic heterocycles. The Bertz CT molecular complexity index is 744. The van der Waals surface area contributed by atoms with E-state index in [0.717, 1.165) is 18.9 Å². The van der Waals surface area contributed by atoms with E-state index in [4.69, 9.17) is 0 Å². The van der Waals surface area contributed by atoms with Crippen LogP contribution in [0.3, 0.4) is 0 Å². The number of nitrogens with zero attached hydrogens (tertiary/aromatic N) is 2. The number of rotatable bonds is 4. The summed E-state index contributed by atoms with van der Waals surface area (Å²) >= 11 is 0. The van der Waals surface area contributed by atoms with E-state index in [2.05, 4.69) is 10.3 Å². The van der Waals surface area contributed by atoms with Crippen LogP contribution in [0, 0.1) is 18.6 Å². The molecule has 1 heterocycles. The molecule has 0 aliphatic heterocycles. The average Bonchev–Trinajstić information content (AvgIpc) is 3.26. The zero-order valence-electron chi connectivity index (χ0n) is 12.5. The van der Waals surface area contributed by atoms with Gasteiger partial charge in [0.05, 0.1) is 6.54 Å². The van der Waals surface area contributed by atoms with Gasteiger partial charge in [0.15, 0.2) is 11.6 Å². The summed E-state index contributed by atoms with van der Waals surface area (Å²) in [7, 11) is 1.75. The van der Waals surface area contributed by atoms with Crippen molar-refractivity contribution in [1.82, 2.24) is 10.3 Å². The molecule has 6 heteroatoms. The number of hydrogen-bond donors (Lipinski definition) is 1. The van der Waals surface area contributed by atoms with E-state index in [-0.39, 0.29) is 18.0 Å². The van der Waals surface area contributed by atoms with Gasteiger partial charge in [0, 0.05) is 29.9 Å². The van der Waals surface area contributed by atoms with Gasteiger partial charge < -0.3 is 10.2 Å². The molecule has 3 rings (SSSR count). The molecule has 1 aromatic carbocycles. The molecular weight excluding hydrogens is 288 g/mol. The molecule has 1 N–H and O–H groups in total. The molecule has 1 saturated carbocycles. The second-order valence-electron chi connectivity index (χ2n) is 5.74. The molecule has 0 bridgehead atoms. The summed E-state index contributed by atoms with van der Waals surface area (Å²) in [6, 6.07) is 4.63. The van der Waals surface area contributed by atoms with E-state index in [1.54, 1.807) is 24.9 Å². The number of aromatic nitrogens is 1. The van der Waals surface area contributed by atoms with Gasteiger partial charge in [0.2, 0.25) is 5.91 Å². The number of pyridine rings is 1. The Morgan fingerprint density at radius 1 is 1.41 bits per heavy atom. The van der Waals surface area contributed by atoms with E-state index in [9.17, 15) is 13.6 Å². The molecule has 22 heavy (non-hydrogen) atoms. The summed E-state index contributed by atoms with van der Waals surface area (Å²) in [5.41, 5.74) is 1.22. The zero-order chi connectivity index (χ0) is 15.9. The predicted octanol–water partition coefficient (Wildman–Crippen LogP) is 2.54. The number of anilines is 1. The number of likely N-dealkylation sites (N-methyl/N-ethyl adjacent to an activating group) is 1. The number of amides is 1. The van der Waals surface area contributed by atoms with Gasteiger partial charge in [0.1, 0.15) is 5.52 Å². The number of nitrogens with one attached hydrogen (secondary N) is 1. The molecule has 1 aliphatic rings. The molecule has 0 spiro atoms. The van der Waals surface area contributed by atoms with E-state index in [1.165, 1.54) is 6.07 Å². The second kappa shape index (κ2) is 5.51. The van der Waals surface area contributed by atoms with E-state index < -0.39 is 11.6 Å². The molecular formula is C16H17F2N3O. The van der Waals surface area contributed by atoms with Crippen LogP contribution in [0.25, 0.3) is 10.9 Å². The first kappa shape index (κ1) is 14.7. The van der Waals surface area contributed by atoms with Crippen molar-refractivity contribution in [2.24, 2.45) is 0 Å². The fraction of sp³-hybridized carbons (Fsp3) is 0.375. The molecule has 0 atom stereocenters. The Hall–Kier alpha value is -2.24. The lowest BCUT2D eigenvalue weighted by Gasteiger charge is -2.21. The fourth-order valence-corrected chi connectivity index (χ4v) is 2.46. The highest BCUT2D eigenvalue weighted by Gasteiger charge is 2.24. The summed E-state index contributed by atoms with van der Waals surface area (Å²) in [6.45, 7) is 1.87. The van der Waals surface area contributed by atoms with Gasteiger partial charge in [-0.05, 0) is 38.0 Å². The van der Waals surface area contributed by atoms with Gasteiger partial charge in [-0.25, -0.2) is 13.8 Å². The van der Waals surface area contributed by atoms with Crippen LogP contribution in [-0.4, -0.2) is 30.5 Å². The molecule has 1 aliphatic carbocycles. The van der Waals surface area contributed by atoms with Crippen molar-refractivity contribution in [2.75, 3.05) is 18.5 Å². The number of hydrogen-bond acceptors (Lipinski definition) is 3. The molecule has 0 saturated heterocycles. The summed E-state index contributed by atoms with van der Waals surface area (Å²) in [4.78, 5) is 17.7. The standard InChI is InChI=1S/C16H17F2N3O/c1-9-7-13(21(2)8-14(22)20-10-3-4-10)11-5-6-12(17)15(18)16(11)19-9/h5-7,10H,3-4,8H2,1-2H3,(H,20,22). The minimum absolute atomic E-state index is 0.00977. The van der Waals surface area contributed by atoms with Crippen LogP contribution < -0.4 is 10.2 Å². The van der Waals surface area contributed by atoms with Crippen molar-refractivity contribution < 1.29 is 13.6 Å². The van der Waals surface area contributed by atoms with Crippen LogP contribution in [0.2, 0.25) is 0 Å². The van der Waals surface area contributed by atoms with Crippen LogP contribution in [0.1, 0.15) is 18.5 Å². The van der Waals surface area contributed by atoms with Crippen molar-refractivity contribution in [3.63, 3.8) is 0 Å². The van der Waals surface area contributed by atoms with Crippen molar-refractivity contribution >= 4 is 22.5 Å². The lowest BCUT2D eigenvalue weighted by atomic mass is 10.1. The van der Waals surface area contributed by atoms with Gasteiger partial charge >= 0.3 is 0 Å². The van der Waals surface area contributed by atoms with Crippen LogP contribution in [0.15, 0.2) is 18.2 Å². The molecule has 116 valence electrons. The largest absolute Gasteiger partial charge is 0.365 e. The van der Waals surface area contributed by atoms with E-state index in [0.29, 0.717) is 22.8 Å². The smallest absolute Gasteiger partial charge is 0.239 e. The number of halogens is 2. The first-order valence-corrected chi connectivity index (χ1v) is 7.21. The van der Waals surface area contributed by atoms with Crippen molar-refractivity contribution in [1.29, 1.82) is 0 Å². The lowest BCUT2D eigenvalue weighted by Crippen LogP contribution is -2.36. The number of carbonyl (C=O) groups is 1. The highest BCUT2D eigenvalue weighted by Crippen LogP contribution is 2.28. The molecule has 1 fully saturated rings. The predicted molar refractivity (Wildman–Crippen MR) is 80.8 cm³/mol. The Kier molecular flexibility index (Phi) is 3.68. The average molecular weight is 305 g/mol. The maximum absolute atomic E-state index is 13.9. The van der Waals surface area contributed by atoms with Crippen LogP contribution >= 0.6 is 0 Å². The topological polar surface area (TPSA) is 45.2 Å². The molecule has 0 radical (unpaired) electrons. The Morgan fingerprint density at radius 3 is 2.82 bits per heavy atom. The third-order valence-electron chi connectivity index (χ3n) is 3.71. The van der Waals surface area contributed by atoms with Gasteiger partial charge in [-0.2, -0.15) is 0 Å². The Labute approximate surface area is 127 Å². The van der Waals surface area contributed by atoms with E-state index in [1.807, 2.05) is 0 Å². The maximum atomic E-state index is 13.9. The first-order chi connectivity index (χ1) is 10.5. The van der Waals surface area contributed by atoms with Crippen LogP contribution in [-0.2, 0) is 4.79 Å². The third-order valence-corrected chi connectivity index (χ3v) is 3.71. The maximum Gasteiger partial charge on any atom is 0.239 e. The number of carbonyl (C=O) groups excluding carboxylic acids is 1. The minimum Gasteiger partial charge on any atom is -0.365 e.